The van der Waals surface area contributed by atoms with Crippen LogP contribution in [0.5, 0.6) is 46.0 Å². The summed E-state index contributed by atoms with van der Waals surface area (Å²) in [5.41, 5.74) is 3.86. The zero-order valence-electron chi connectivity index (χ0n) is 48.8. The van der Waals surface area contributed by atoms with E-state index in [1.165, 1.54) is 81.1 Å². The molecule has 0 amide bonds. The van der Waals surface area contributed by atoms with Gasteiger partial charge in [-0.05, 0) is 72.8 Å². The van der Waals surface area contributed by atoms with Crippen LogP contribution in [-0.2, 0) is 0 Å². The first-order chi connectivity index (χ1) is 42.2. The van der Waals surface area contributed by atoms with Crippen molar-refractivity contribution in [2.24, 2.45) is 0 Å². The monoisotopic (exact) mass is 1490 g/mol. The summed E-state index contributed by atoms with van der Waals surface area (Å²) in [5.74, 6) is -2.87. The van der Waals surface area contributed by atoms with E-state index < -0.39 is 34.1 Å². The third-order valence-corrected chi connectivity index (χ3v) is 11.2. The summed E-state index contributed by atoms with van der Waals surface area (Å²) in [7, 11) is 11.3. The Labute approximate surface area is 577 Å². The number of methoxy groups -OCH3 is 8. The number of carbonyl (C=O) groups is 4. The average Bonchev–Trinajstić information content (AvgIpc) is 1.45. The molecule has 4 heterocycles. The normalized spacial score (nSPS) is 9.33. The Morgan fingerprint density at radius 2 is 0.478 bits per heavy atom. The predicted octanol–water partition coefficient (Wildman–Crippen LogP) is 5.36. The van der Waals surface area contributed by atoms with Gasteiger partial charge in [0, 0.05) is 68.6 Å². The summed E-state index contributed by atoms with van der Waals surface area (Å²) in [5, 5.41) is 76.5. The van der Waals surface area contributed by atoms with E-state index in [2.05, 4.69) is 68.5 Å². The van der Waals surface area contributed by atoms with E-state index in [9.17, 15) is 39.6 Å². The number of hydrogen-bond donors (Lipinski definition) is 0. The first-order valence-corrected chi connectivity index (χ1v) is 24.7. The number of pyridine rings is 4. The van der Waals surface area contributed by atoms with Crippen LogP contribution in [-0.4, -0.2) is 111 Å². The van der Waals surface area contributed by atoms with E-state index in [0.717, 1.165) is 43.6 Å². The van der Waals surface area contributed by atoms with Crippen LogP contribution in [0.4, 0.5) is 0 Å². The second-order valence-electron chi connectivity index (χ2n) is 16.2. The molecule has 90 heavy (non-hydrogen) atoms. The fraction of sp³-hybridized carbons (Fsp3) is 0.133. The number of aromatic nitrogens is 4. The summed E-state index contributed by atoms with van der Waals surface area (Å²) in [4.78, 5) is 76.3. The Balaban J connectivity index is 0.000000525. The van der Waals surface area contributed by atoms with Gasteiger partial charge in [-0.2, -0.15) is 0 Å². The number of aromatic carboxylic acids is 4. The van der Waals surface area contributed by atoms with Gasteiger partial charge in [0.15, 0.2) is 46.0 Å². The SMILES string of the molecule is COc1cccc(C(=O)[O-])c1OC.COc1cccc(C(=O)[O-])c1OC.COc1cccc(C(=O)[O-])c1OC.COc1cccc(C(=O)[O-])c1OC.O=[N+]([O-])[O-].O=[N+]([O-])[O-].[Nd+3].[Nd+3].c1cnc2c(c1)ccc1cccnc12.c1cnc2c(c1)ccc1cccnc12. The number of nitrogens with zero attached hydrogens (tertiary/aromatic N) is 6. The maximum absolute atomic E-state index is 10.6. The van der Waals surface area contributed by atoms with E-state index in [1.807, 2.05) is 24.3 Å². The first kappa shape index (κ1) is 78.4. The maximum Gasteiger partial charge on any atom is 3.00 e. The molecule has 0 spiro atoms. The van der Waals surface area contributed by atoms with Crippen LogP contribution in [0.1, 0.15) is 41.4 Å². The van der Waals surface area contributed by atoms with Gasteiger partial charge in [-0.3, -0.25) is 19.9 Å². The van der Waals surface area contributed by atoms with Crippen molar-refractivity contribution in [3.05, 3.63) is 223 Å². The van der Waals surface area contributed by atoms with Gasteiger partial charge < -0.3 is 108 Å². The van der Waals surface area contributed by atoms with Crippen molar-refractivity contribution in [2.75, 3.05) is 56.9 Å². The number of fused-ring (bicyclic) bond motifs is 6. The summed E-state index contributed by atoms with van der Waals surface area (Å²) in [6.07, 6.45) is 7.21. The van der Waals surface area contributed by atoms with Gasteiger partial charge in [0.25, 0.3) is 0 Å². The zero-order valence-corrected chi connectivity index (χ0v) is 55.2. The Kier molecular flexibility index (Phi) is 36.1. The van der Waals surface area contributed by atoms with Crippen LogP contribution in [0.25, 0.3) is 43.6 Å². The number of carboxylic acid groups (broad SMARTS) is 4. The summed E-state index contributed by atoms with van der Waals surface area (Å²) < 4.78 is 39.2. The summed E-state index contributed by atoms with van der Waals surface area (Å²) >= 11 is 0. The molecule has 0 aliphatic carbocycles. The fourth-order valence-corrected chi connectivity index (χ4v) is 7.55. The van der Waals surface area contributed by atoms with Crippen LogP contribution in [0.3, 0.4) is 0 Å². The molecule has 0 unspecified atom stereocenters. The molecule has 10 rings (SSSR count). The quantitative estimate of drug-likeness (QED) is 0.0844. The van der Waals surface area contributed by atoms with Gasteiger partial charge in [0.1, 0.15) is 0 Å². The number of carboxylic acids is 4. The molecule has 0 aliphatic rings. The predicted molar refractivity (Wildman–Crippen MR) is 310 cm³/mol. The number of carbonyl (C=O) groups excluding carboxylic acids is 4. The molecule has 0 aliphatic heterocycles. The Hall–Kier alpha value is -9.66. The van der Waals surface area contributed by atoms with Gasteiger partial charge in [-0.25, -0.2) is 0 Å². The molecule has 0 saturated carbocycles. The minimum atomic E-state index is -1.75. The molecule has 0 saturated heterocycles. The number of ether oxygens (including phenoxy) is 8. The van der Waals surface area contributed by atoms with Gasteiger partial charge in [0.05, 0.1) is 113 Å². The largest absolute Gasteiger partial charge is 3.00 e. The van der Waals surface area contributed by atoms with Crippen molar-refractivity contribution < 1.29 is 169 Å². The van der Waals surface area contributed by atoms with Gasteiger partial charge in [-0.15, -0.1) is 0 Å². The van der Waals surface area contributed by atoms with Gasteiger partial charge in [0.2, 0.25) is 0 Å². The Bertz CT molecular complexity index is 3480. The molecular weight excluding hydrogens is 1450 g/mol. The molecule has 2 radical (unpaired) electrons. The average molecular weight is 1500 g/mol. The maximum atomic E-state index is 10.6. The number of benzene rings is 6. The van der Waals surface area contributed by atoms with Crippen LogP contribution < -0.4 is 58.3 Å². The van der Waals surface area contributed by atoms with Crippen LogP contribution >= 0.6 is 0 Å². The van der Waals surface area contributed by atoms with E-state index in [0.29, 0.717) is 23.0 Å². The molecule has 30 heteroatoms. The summed E-state index contributed by atoms with van der Waals surface area (Å²) in [6.45, 7) is 0. The molecule has 0 N–H and O–H groups in total. The topological polar surface area (TPSA) is 418 Å². The second-order valence-corrected chi connectivity index (χ2v) is 16.2. The van der Waals surface area contributed by atoms with E-state index in [4.69, 9.17) is 68.5 Å². The molecule has 462 valence electrons. The first-order valence-electron chi connectivity index (χ1n) is 24.7. The second kappa shape index (κ2) is 41.5. The molecule has 28 nitrogen and oxygen atoms in total. The molecule has 0 bridgehead atoms. The molecular formula is C60H52N6Nd2O22. The Morgan fingerprint density at radius 1 is 0.300 bits per heavy atom. The molecule has 4 aromatic heterocycles. The van der Waals surface area contributed by atoms with Crippen molar-refractivity contribution in [3.8, 4) is 46.0 Å². The van der Waals surface area contributed by atoms with Gasteiger partial charge >= 0.3 is 81.7 Å². The minimum absolute atomic E-state index is 0. The number of rotatable bonds is 12. The minimum Gasteiger partial charge on any atom is -0.545 e. The van der Waals surface area contributed by atoms with Crippen LogP contribution in [0.2, 0.25) is 0 Å². The van der Waals surface area contributed by atoms with Crippen molar-refractivity contribution in [2.45, 2.75) is 0 Å². The molecule has 0 atom stereocenters. The fourth-order valence-electron chi connectivity index (χ4n) is 7.55. The third kappa shape index (κ3) is 23.8. The Morgan fingerprint density at radius 3 is 0.622 bits per heavy atom. The van der Waals surface area contributed by atoms with Crippen molar-refractivity contribution in [1.82, 2.24) is 19.9 Å². The number of para-hydroxylation sites is 4. The van der Waals surface area contributed by atoms with Crippen molar-refractivity contribution >= 4 is 67.5 Å². The smallest absolute Gasteiger partial charge is 0.545 e. The van der Waals surface area contributed by atoms with Crippen LogP contribution in [0, 0.1) is 112 Å². The van der Waals surface area contributed by atoms with Crippen LogP contribution in [0.15, 0.2) is 170 Å². The third-order valence-electron chi connectivity index (χ3n) is 11.2. The standard InChI is InChI=1S/2C12H8N2.4C9H10O4.2NO3.2Nd/c2*1-3-9-5-6-10-4-2-8-14-12(10)11(9)13-7-1;4*1-12-7-5-3-4-6(9(10)11)8(7)13-2;2*2-1(3)4;;/h2*1-8H;4*3-5H,1-2H3,(H,10,11);;;;/q;;;;;;2*-1;2*+3/p-4. The number of hydrogen-bond acceptors (Lipinski definition) is 26. The van der Waals surface area contributed by atoms with Crippen molar-refractivity contribution in [3.63, 3.8) is 0 Å². The van der Waals surface area contributed by atoms with Crippen molar-refractivity contribution in [1.29, 1.82) is 0 Å². The van der Waals surface area contributed by atoms with E-state index in [1.54, 1.807) is 73.3 Å². The zero-order chi connectivity index (χ0) is 65.3. The molecule has 0 fully saturated rings. The van der Waals surface area contributed by atoms with E-state index in [-0.39, 0.29) is 127 Å². The molecule has 6 aromatic carbocycles. The molecule has 10 aromatic rings. The van der Waals surface area contributed by atoms with Gasteiger partial charge in [-0.1, -0.05) is 72.8 Å². The van der Waals surface area contributed by atoms with E-state index >= 15 is 0 Å². The summed E-state index contributed by atoms with van der Waals surface area (Å²) in [6, 6.07) is 42.6.